The van der Waals surface area contributed by atoms with Gasteiger partial charge in [-0.2, -0.15) is 5.26 Å². The van der Waals surface area contributed by atoms with E-state index in [0.717, 1.165) is 36.0 Å². The summed E-state index contributed by atoms with van der Waals surface area (Å²) >= 11 is 0. The Hall–Kier alpha value is -4.42. The van der Waals surface area contributed by atoms with E-state index in [9.17, 15) is 10.1 Å². The van der Waals surface area contributed by atoms with Gasteiger partial charge in [-0.25, -0.2) is 9.37 Å². The van der Waals surface area contributed by atoms with Crippen LogP contribution in [0.15, 0.2) is 55.0 Å². The van der Waals surface area contributed by atoms with Crippen LogP contribution in [0.1, 0.15) is 40.5 Å². The van der Waals surface area contributed by atoms with Gasteiger partial charge in [0.2, 0.25) is 0 Å². The zero-order chi connectivity index (χ0) is 26.3. The van der Waals surface area contributed by atoms with Crippen LogP contribution < -0.4 is 10.2 Å². The van der Waals surface area contributed by atoms with Crippen molar-refractivity contribution in [2.75, 3.05) is 24.6 Å². The highest BCUT2D eigenvalue weighted by molar-refractivity contribution is 5.94. The second-order valence-electron chi connectivity index (χ2n) is 9.92. The van der Waals surface area contributed by atoms with Crippen molar-refractivity contribution < 1.29 is 13.9 Å². The standard InChI is InChI=1S/C29H25FN6O2/c1-29(16-31)17-38-15-19-4-3-18(11-24(19)29)28(37)35-13-22-10-20-9-21(12-34-25(20)14-33-22)23-5-6-32-27(26(23)30)36-7-2-8-36/h3-6,9-12,14H,2,7-8,13,15,17H2,1H3,(H,35,37)/t29-/m1/s1. The summed E-state index contributed by atoms with van der Waals surface area (Å²) in [5.74, 6) is -0.235. The number of halogens is 1. The number of nitriles is 1. The molecule has 0 spiro atoms. The Kier molecular flexibility index (Phi) is 5.97. The van der Waals surface area contributed by atoms with E-state index < -0.39 is 5.41 Å². The number of ether oxygens (including phenoxy) is 1. The second-order valence-corrected chi connectivity index (χ2v) is 9.92. The molecule has 0 aliphatic carbocycles. The molecule has 0 unspecified atom stereocenters. The van der Waals surface area contributed by atoms with E-state index in [4.69, 9.17) is 4.74 Å². The highest BCUT2D eigenvalue weighted by Crippen LogP contribution is 2.33. The van der Waals surface area contributed by atoms with E-state index in [1.807, 2.05) is 30.0 Å². The number of benzene rings is 1. The lowest BCUT2D eigenvalue weighted by molar-refractivity contribution is 0.0757. The first-order valence-electron chi connectivity index (χ1n) is 12.5. The first-order chi connectivity index (χ1) is 18.4. The van der Waals surface area contributed by atoms with Crippen LogP contribution in [0.4, 0.5) is 10.2 Å². The van der Waals surface area contributed by atoms with Crippen molar-refractivity contribution in [3.8, 4) is 17.2 Å². The van der Waals surface area contributed by atoms with E-state index in [2.05, 4.69) is 26.3 Å². The number of aromatic nitrogens is 3. The minimum Gasteiger partial charge on any atom is -0.375 e. The van der Waals surface area contributed by atoms with Crippen LogP contribution in [0.2, 0.25) is 0 Å². The highest BCUT2D eigenvalue weighted by atomic mass is 19.1. The number of hydrogen-bond donors (Lipinski definition) is 1. The molecule has 2 aliphatic rings. The van der Waals surface area contributed by atoms with Gasteiger partial charge in [-0.15, -0.1) is 0 Å². The molecule has 6 rings (SSSR count). The van der Waals surface area contributed by atoms with Gasteiger partial charge in [0.1, 0.15) is 5.41 Å². The van der Waals surface area contributed by atoms with Crippen LogP contribution in [0.3, 0.4) is 0 Å². The first-order valence-corrected chi connectivity index (χ1v) is 12.5. The molecular weight excluding hydrogens is 483 g/mol. The van der Waals surface area contributed by atoms with Crippen molar-refractivity contribution in [2.45, 2.75) is 31.9 Å². The van der Waals surface area contributed by atoms with Crippen molar-refractivity contribution >= 4 is 22.6 Å². The van der Waals surface area contributed by atoms with Crippen molar-refractivity contribution in [1.82, 2.24) is 20.3 Å². The number of amides is 1. The largest absolute Gasteiger partial charge is 0.375 e. The van der Waals surface area contributed by atoms with Crippen LogP contribution in [0.5, 0.6) is 0 Å². The second kappa shape index (κ2) is 9.47. The maximum atomic E-state index is 15.2. The molecule has 1 N–H and O–H groups in total. The maximum Gasteiger partial charge on any atom is 0.251 e. The lowest BCUT2D eigenvalue weighted by atomic mass is 9.79. The number of pyridine rings is 3. The van der Waals surface area contributed by atoms with Crippen molar-refractivity contribution in [2.24, 2.45) is 0 Å². The van der Waals surface area contributed by atoms with Gasteiger partial charge >= 0.3 is 0 Å². The molecule has 1 atom stereocenters. The Morgan fingerprint density at radius 3 is 2.84 bits per heavy atom. The van der Waals surface area contributed by atoms with E-state index in [0.29, 0.717) is 46.9 Å². The van der Waals surface area contributed by atoms with Crippen LogP contribution in [0.25, 0.3) is 22.0 Å². The van der Waals surface area contributed by atoms with E-state index in [-0.39, 0.29) is 18.3 Å². The number of carbonyl (C=O) groups is 1. The molecule has 1 aromatic carbocycles. The minimum absolute atomic E-state index is 0.206. The Balaban J connectivity index is 1.22. The van der Waals surface area contributed by atoms with Gasteiger partial charge in [0.25, 0.3) is 5.91 Å². The zero-order valence-electron chi connectivity index (χ0n) is 20.9. The molecule has 1 fully saturated rings. The lowest BCUT2D eigenvalue weighted by Gasteiger charge is -2.32. The highest BCUT2D eigenvalue weighted by Gasteiger charge is 2.33. The number of nitrogens with zero attached hydrogens (tertiary/aromatic N) is 5. The third kappa shape index (κ3) is 4.23. The van der Waals surface area contributed by atoms with Crippen molar-refractivity contribution in [3.63, 3.8) is 0 Å². The summed E-state index contributed by atoms with van der Waals surface area (Å²) in [7, 11) is 0. The molecule has 1 saturated heterocycles. The van der Waals surface area contributed by atoms with Gasteiger partial charge in [0.15, 0.2) is 11.6 Å². The van der Waals surface area contributed by atoms with E-state index in [1.165, 1.54) is 0 Å². The van der Waals surface area contributed by atoms with Gasteiger partial charge < -0.3 is 15.0 Å². The Morgan fingerprint density at radius 2 is 2.05 bits per heavy atom. The molecule has 0 radical (unpaired) electrons. The number of hydrogen-bond acceptors (Lipinski definition) is 7. The smallest absolute Gasteiger partial charge is 0.251 e. The van der Waals surface area contributed by atoms with Gasteiger partial charge in [-0.3, -0.25) is 14.8 Å². The number of anilines is 1. The SMILES string of the molecule is C[C@@]1(C#N)COCc2ccc(C(=O)NCc3cc4cc(-c5ccnc(N6CCC6)c5F)cnc4cn3)cc21. The Labute approximate surface area is 219 Å². The topological polar surface area (TPSA) is 104 Å². The van der Waals surface area contributed by atoms with Crippen LogP contribution in [-0.4, -0.2) is 40.6 Å². The molecule has 1 amide bonds. The monoisotopic (exact) mass is 508 g/mol. The third-order valence-corrected chi connectivity index (χ3v) is 7.25. The molecule has 4 aromatic rings. The molecule has 0 bridgehead atoms. The minimum atomic E-state index is -0.793. The molecule has 2 aliphatic heterocycles. The molecule has 5 heterocycles. The summed E-state index contributed by atoms with van der Waals surface area (Å²) in [5, 5.41) is 13.4. The third-order valence-electron chi connectivity index (χ3n) is 7.25. The fourth-order valence-electron chi connectivity index (χ4n) is 4.89. The van der Waals surface area contributed by atoms with Crippen LogP contribution >= 0.6 is 0 Å². The first kappa shape index (κ1) is 23.9. The summed E-state index contributed by atoms with van der Waals surface area (Å²) in [4.78, 5) is 28.0. The van der Waals surface area contributed by atoms with Gasteiger partial charge in [0.05, 0.1) is 43.2 Å². The fraction of sp³-hybridized carbons (Fsp3) is 0.276. The van der Waals surface area contributed by atoms with Gasteiger partial charge in [-0.1, -0.05) is 6.07 Å². The number of nitrogens with one attached hydrogen (secondary N) is 1. The maximum absolute atomic E-state index is 15.2. The van der Waals surface area contributed by atoms with E-state index in [1.54, 1.807) is 36.8 Å². The molecule has 3 aromatic heterocycles. The average Bonchev–Trinajstić information content (AvgIpc) is 2.91. The van der Waals surface area contributed by atoms with Crippen molar-refractivity contribution in [1.29, 1.82) is 5.26 Å². The van der Waals surface area contributed by atoms with Gasteiger partial charge in [-0.05, 0) is 54.8 Å². The molecule has 190 valence electrons. The molecule has 0 saturated carbocycles. The summed E-state index contributed by atoms with van der Waals surface area (Å²) in [5.41, 5.74) is 3.84. The number of carbonyl (C=O) groups excluding carboxylic acids is 1. The molecule has 38 heavy (non-hydrogen) atoms. The fourth-order valence-corrected chi connectivity index (χ4v) is 4.89. The number of fused-ring (bicyclic) bond motifs is 2. The predicted molar refractivity (Wildman–Crippen MR) is 140 cm³/mol. The number of rotatable bonds is 5. The molecule has 8 nitrogen and oxygen atoms in total. The van der Waals surface area contributed by atoms with Crippen molar-refractivity contribution in [3.05, 3.63) is 83.2 Å². The summed E-state index contributed by atoms with van der Waals surface area (Å²) < 4.78 is 20.8. The molecule has 9 heteroatoms. The lowest BCUT2D eigenvalue weighted by Crippen LogP contribution is -2.38. The quantitative estimate of drug-likeness (QED) is 0.429. The van der Waals surface area contributed by atoms with E-state index >= 15 is 4.39 Å². The van der Waals surface area contributed by atoms with Crippen LogP contribution in [-0.2, 0) is 23.3 Å². The summed E-state index contributed by atoms with van der Waals surface area (Å²) in [6.45, 7) is 4.36. The average molecular weight is 509 g/mol. The van der Waals surface area contributed by atoms with Crippen LogP contribution in [0, 0.1) is 17.1 Å². The zero-order valence-corrected chi connectivity index (χ0v) is 20.9. The molecular formula is C29H25FN6O2. The Morgan fingerprint density at radius 1 is 1.18 bits per heavy atom. The van der Waals surface area contributed by atoms with Gasteiger partial charge in [0, 0.05) is 47.6 Å². The Bertz CT molecular complexity index is 1610. The summed E-state index contributed by atoms with van der Waals surface area (Å²) in [6.07, 6.45) is 5.94. The normalized spacial score (nSPS) is 18.4. The predicted octanol–water partition coefficient (Wildman–Crippen LogP) is 4.28. The summed E-state index contributed by atoms with van der Waals surface area (Å²) in [6, 6.07) is 13.0.